The van der Waals surface area contributed by atoms with Gasteiger partial charge in [-0.25, -0.2) is 0 Å². The van der Waals surface area contributed by atoms with Crippen molar-refractivity contribution in [2.75, 3.05) is 0 Å². The van der Waals surface area contributed by atoms with Crippen molar-refractivity contribution in [1.29, 1.82) is 0 Å². The molecular formula is C37H44F3GeN. The van der Waals surface area contributed by atoms with E-state index in [0.29, 0.717) is 9.50 Å². The Morgan fingerprint density at radius 2 is 1.40 bits per heavy atom. The van der Waals surface area contributed by atoms with Gasteiger partial charge in [0.25, 0.3) is 0 Å². The van der Waals surface area contributed by atoms with E-state index >= 15 is 0 Å². The molecule has 0 saturated carbocycles. The fraction of sp³-hybridized carbons (Fsp3) is 0.432. The number of benzene rings is 3. The minimum atomic E-state index is -4.27. The molecule has 3 aromatic carbocycles. The molecule has 0 atom stereocenters. The first-order chi connectivity index (χ1) is 19.4. The molecule has 0 amide bonds. The van der Waals surface area contributed by atoms with E-state index in [1.165, 1.54) is 50.1 Å². The molecule has 0 N–H and O–H groups in total. The molecule has 1 aliphatic rings. The van der Waals surface area contributed by atoms with Gasteiger partial charge in [-0.3, -0.25) is 0 Å². The summed E-state index contributed by atoms with van der Waals surface area (Å²) in [6, 6.07) is 19.4. The van der Waals surface area contributed by atoms with Gasteiger partial charge in [0.2, 0.25) is 0 Å². The molecule has 0 aliphatic carbocycles. The van der Waals surface area contributed by atoms with Crippen LogP contribution in [0.2, 0.25) is 9.50 Å². The van der Waals surface area contributed by atoms with Crippen LogP contribution in [0, 0.1) is 12.3 Å². The maximum atomic E-state index is 14.0. The summed E-state index contributed by atoms with van der Waals surface area (Å²) >= 11 is -3.27. The van der Waals surface area contributed by atoms with Crippen LogP contribution in [0.25, 0.3) is 33.2 Å². The van der Waals surface area contributed by atoms with Gasteiger partial charge < -0.3 is 0 Å². The summed E-state index contributed by atoms with van der Waals surface area (Å²) in [5.41, 5.74) is 5.94. The van der Waals surface area contributed by atoms with Crippen LogP contribution in [-0.2, 0) is 11.8 Å². The predicted molar refractivity (Wildman–Crippen MR) is 175 cm³/mol. The van der Waals surface area contributed by atoms with Gasteiger partial charge in [-0.05, 0) is 0 Å². The first-order valence-electron chi connectivity index (χ1n) is 15.2. The van der Waals surface area contributed by atoms with Crippen LogP contribution in [0.15, 0.2) is 60.8 Å². The molecule has 0 bridgehead atoms. The van der Waals surface area contributed by atoms with E-state index in [1.54, 1.807) is 0 Å². The molecule has 0 saturated heterocycles. The van der Waals surface area contributed by atoms with Crippen LogP contribution in [0.5, 0.6) is 0 Å². The number of hydrogen-bond donors (Lipinski definition) is 0. The molecule has 0 spiro atoms. The molecule has 4 aromatic rings. The standard InChI is InChI=1S/C37H44F3GeN/c1-22(2)41(23(3)4)32-24(5)26(21-36(9,10)37(38,39)40)15-16-29(32)30-17-18-42-34(33(30)41)27-19-25-13-11-12-14-28(25)31(20-27)35(6,7)8/h11-20,22-23H,21H2,1-10H3. The first-order valence-corrected chi connectivity index (χ1v) is 19.7. The Morgan fingerprint density at radius 1 is 0.786 bits per heavy atom. The third-order valence-electron chi connectivity index (χ3n) is 9.81. The molecule has 0 unspecified atom stereocenters. The van der Waals surface area contributed by atoms with Crippen molar-refractivity contribution >= 4 is 32.8 Å². The molecule has 5 heteroatoms. The molecule has 0 radical (unpaired) electrons. The second-order valence-corrected chi connectivity index (χ2v) is 25.2. The van der Waals surface area contributed by atoms with Crippen molar-refractivity contribution in [3.63, 3.8) is 0 Å². The molecule has 42 heavy (non-hydrogen) atoms. The van der Waals surface area contributed by atoms with E-state index in [2.05, 4.69) is 104 Å². The third-order valence-corrected chi connectivity index (χ3v) is 23.3. The summed E-state index contributed by atoms with van der Waals surface area (Å²) < 4.78 is 45.6. The Kier molecular flexibility index (Phi) is 7.53. The van der Waals surface area contributed by atoms with E-state index in [4.69, 9.17) is 4.98 Å². The van der Waals surface area contributed by atoms with Crippen LogP contribution in [-0.4, -0.2) is 24.4 Å². The fourth-order valence-corrected chi connectivity index (χ4v) is 21.5. The number of halogens is 3. The molecule has 222 valence electrons. The quantitative estimate of drug-likeness (QED) is 0.200. The van der Waals surface area contributed by atoms with E-state index in [1.807, 2.05) is 12.3 Å². The second kappa shape index (κ2) is 10.2. The number of alkyl halides is 3. The zero-order chi connectivity index (χ0) is 31.0. The van der Waals surface area contributed by atoms with Crippen molar-refractivity contribution in [3.8, 4) is 22.4 Å². The van der Waals surface area contributed by atoms with Crippen molar-refractivity contribution < 1.29 is 13.2 Å². The summed E-state index contributed by atoms with van der Waals surface area (Å²) in [5, 5.41) is 2.47. The number of hydrogen-bond acceptors (Lipinski definition) is 1. The van der Waals surface area contributed by atoms with Gasteiger partial charge in [0.1, 0.15) is 0 Å². The molecule has 1 aliphatic heterocycles. The number of aromatic nitrogens is 1. The maximum absolute atomic E-state index is 14.0. The summed E-state index contributed by atoms with van der Waals surface area (Å²) in [4.78, 5) is 5.14. The van der Waals surface area contributed by atoms with Gasteiger partial charge in [0.05, 0.1) is 0 Å². The summed E-state index contributed by atoms with van der Waals surface area (Å²) in [5.74, 6) is 0. The van der Waals surface area contributed by atoms with Gasteiger partial charge >= 0.3 is 253 Å². The molecule has 1 aromatic heterocycles. The van der Waals surface area contributed by atoms with Crippen LogP contribution in [0.3, 0.4) is 0 Å². The average Bonchev–Trinajstić information content (AvgIpc) is 3.21. The summed E-state index contributed by atoms with van der Waals surface area (Å²) in [6.07, 6.45) is -2.36. The van der Waals surface area contributed by atoms with Gasteiger partial charge in [-0.1, -0.05) is 0 Å². The second-order valence-electron chi connectivity index (χ2n) is 14.6. The van der Waals surface area contributed by atoms with Gasteiger partial charge in [-0.15, -0.1) is 0 Å². The monoisotopic (exact) mass is 633 g/mol. The number of rotatable bonds is 5. The predicted octanol–water partition coefficient (Wildman–Crippen LogP) is 10.0. The minimum absolute atomic E-state index is 0.0226. The Labute approximate surface area is 252 Å². The Hall–Kier alpha value is -2.60. The third kappa shape index (κ3) is 4.64. The Balaban J connectivity index is 1.84. The summed E-state index contributed by atoms with van der Waals surface area (Å²) in [7, 11) is 0. The first kappa shape index (κ1) is 30.8. The molecular weight excluding hydrogens is 588 g/mol. The van der Waals surface area contributed by atoms with Crippen molar-refractivity contribution in [3.05, 3.63) is 77.5 Å². The van der Waals surface area contributed by atoms with Crippen LogP contribution in [0.4, 0.5) is 13.2 Å². The van der Waals surface area contributed by atoms with E-state index in [9.17, 15) is 13.2 Å². The Morgan fingerprint density at radius 3 is 2.00 bits per heavy atom. The number of pyridine rings is 1. The van der Waals surface area contributed by atoms with E-state index in [0.717, 1.165) is 22.4 Å². The zero-order valence-electron chi connectivity index (χ0n) is 26.7. The van der Waals surface area contributed by atoms with Crippen molar-refractivity contribution in [1.82, 2.24) is 4.98 Å². The average molecular weight is 632 g/mol. The Bertz CT molecular complexity index is 1660. The molecule has 0 fully saturated rings. The molecule has 5 rings (SSSR count). The van der Waals surface area contributed by atoms with Crippen molar-refractivity contribution in [2.24, 2.45) is 5.41 Å². The number of fused-ring (bicyclic) bond motifs is 4. The van der Waals surface area contributed by atoms with Crippen LogP contribution < -0.4 is 8.79 Å². The molecule has 1 nitrogen and oxygen atoms in total. The zero-order valence-corrected chi connectivity index (χ0v) is 28.8. The summed E-state index contributed by atoms with van der Waals surface area (Å²) in [6.45, 7) is 20.8. The van der Waals surface area contributed by atoms with E-state index in [-0.39, 0.29) is 11.8 Å². The fourth-order valence-electron chi connectivity index (χ4n) is 7.62. The van der Waals surface area contributed by atoms with Crippen molar-refractivity contribution in [2.45, 2.75) is 96.8 Å². The SMILES string of the molecule is Cc1c(CC(C)(C)C(F)(F)F)ccc2[c]1[Ge]([CH](C)C)([CH](C)C)[c]1c-2ccnc1-c1cc(C(C)(C)C)c2ccccc2c1. The normalized spacial score (nSPS) is 15.0. The number of nitrogens with zero attached hydrogens (tertiary/aromatic N) is 1. The van der Waals surface area contributed by atoms with Crippen LogP contribution in [0.1, 0.15) is 79.0 Å². The van der Waals surface area contributed by atoms with Gasteiger partial charge in [-0.2, -0.15) is 0 Å². The van der Waals surface area contributed by atoms with Gasteiger partial charge in [0, 0.05) is 0 Å². The van der Waals surface area contributed by atoms with E-state index < -0.39 is 24.9 Å². The topological polar surface area (TPSA) is 12.9 Å². The molecule has 2 heterocycles. The van der Waals surface area contributed by atoms with Crippen LogP contribution >= 0.6 is 0 Å². The van der Waals surface area contributed by atoms with Gasteiger partial charge in [0.15, 0.2) is 0 Å².